The molecule has 1 heterocycles. The van der Waals surface area contributed by atoms with Crippen LogP contribution in [0.4, 0.5) is 4.39 Å². The molecule has 0 aliphatic rings. The van der Waals surface area contributed by atoms with Crippen molar-refractivity contribution >= 4 is 5.97 Å². The van der Waals surface area contributed by atoms with E-state index in [-0.39, 0.29) is 11.1 Å². The molecular weight excluding hydrogens is 211 g/mol. The highest BCUT2D eigenvalue weighted by Gasteiger charge is 2.11. The Morgan fingerprint density at radius 3 is 2.81 bits per heavy atom. The fraction of sp³-hybridized carbons (Fsp3) is 0.0909. The predicted octanol–water partition coefficient (Wildman–Crippen LogP) is 1.92. The average Bonchev–Trinajstić information content (AvgIpc) is 2.65. The fourth-order valence-corrected chi connectivity index (χ4v) is 1.44. The highest BCUT2D eigenvalue weighted by atomic mass is 19.1. The summed E-state index contributed by atoms with van der Waals surface area (Å²) >= 11 is 0. The third-order valence-corrected chi connectivity index (χ3v) is 2.23. The Bertz CT molecular complexity index is 549. The SMILES string of the molecule is Cn1cc(-c2cc(C(=O)O)ccc2F)cn1. The Balaban J connectivity index is 2.55. The van der Waals surface area contributed by atoms with E-state index in [4.69, 9.17) is 5.11 Å². The van der Waals surface area contributed by atoms with Crippen LogP contribution in [0.3, 0.4) is 0 Å². The number of benzene rings is 1. The van der Waals surface area contributed by atoms with Crippen LogP contribution in [0.2, 0.25) is 0 Å². The first-order chi connectivity index (χ1) is 7.58. The lowest BCUT2D eigenvalue weighted by molar-refractivity contribution is 0.0697. The number of carboxylic acids is 1. The molecule has 0 amide bonds. The third-order valence-electron chi connectivity index (χ3n) is 2.23. The van der Waals surface area contributed by atoms with Gasteiger partial charge in [0.15, 0.2) is 0 Å². The number of aromatic carboxylic acids is 1. The van der Waals surface area contributed by atoms with Crippen LogP contribution >= 0.6 is 0 Å². The van der Waals surface area contributed by atoms with E-state index < -0.39 is 11.8 Å². The maximum atomic E-state index is 13.5. The molecule has 0 bridgehead atoms. The van der Waals surface area contributed by atoms with Gasteiger partial charge in [0.2, 0.25) is 0 Å². The van der Waals surface area contributed by atoms with Gasteiger partial charge in [-0.2, -0.15) is 5.10 Å². The minimum absolute atomic E-state index is 0.0558. The van der Waals surface area contributed by atoms with E-state index in [0.717, 1.165) is 6.07 Å². The molecule has 0 saturated carbocycles. The molecule has 0 aliphatic carbocycles. The molecule has 0 radical (unpaired) electrons. The lowest BCUT2D eigenvalue weighted by Gasteiger charge is -2.01. The van der Waals surface area contributed by atoms with Gasteiger partial charge < -0.3 is 5.11 Å². The molecule has 2 aromatic rings. The molecule has 16 heavy (non-hydrogen) atoms. The molecule has 1 aromatic carbocycles. The van der Waals surface area contributed by atoms with E-state index >= 15 is 0 Å². The molecule has 0 unspecified atom stereocenters. The molecule has 4 nitrogen and oxygen atoms in total. The van der Waals surface area contributed by atoms with Crippen LogP contribution in [0.1, 0.15) is 10.4 Å². The predicted molar refractivity (Wildman–Crippen MR) is 55.6 cm³/mol. The van der Waals surface area contributed by atoms with Gasteiger partial charge >= 0.3 is 5.97 Å². The number of carbonyl (C=O) groups is 1. The van der Waals surface area contributed by atoms with E-state index in [1.54, 1.807) is 13.2 Å². The molecule has 0 saturated heterocycles. The third kappa shape index (κ3) is 1.79. The zero-order chi connectivity index (χ0) is 11.7. The van der Waals surface area contributed by atoms with Crippen molar-refractivity contribution in [3.05, 3.63) is 42.0 Å². The van der Waals surface area contributed by atoms with Crippen LogP contribution in [0.15, 0.2) is 30.6 Å². The van der Waals surface area contributed by atoms with Crippen LogP contribution in [0.5, 0.6) is 0 Å². The molecule has 0 fully saturated rings. The lowest BCUT2D eigenvalue weighted by atomic mass is 10.1. The molecule has 0 aliphatic heterocycles. The molecule has 1 N–H and O–H groups in total. The Morgan fingerprint density at radius 1 is 1.50 bits per heavy atom. The summed E-state index contributed by atoms with van der Waals surface area (Å²) in [5, 5.41) is 12.7. The van der Waals surface area contributed by atoms with Crippen molar-refractivity contribution < 1.29 is 14.3 Å². The van der Waals surface area contributed by atoms with Crippen molar-refractivity contribution in [3.8, 4) is 11.1 Å². The topological polar surface area (TPSA) is 55.1 Å². The normalized spacial score (nSPS) is 10.4. The van der Waals surface area contributed by atoms with E-state index in [2.05, 4.69) is 5.10 Å². The zero-order valence-electron chi connectivity index (χ0n) is 8.51. The number of aryl methyl sites for hydroxylation is 1. The van der Waals surface area contributed by atoms with Crippen LogP contribution < -0.4 is 0 Å². The van der Waals surface area contributed by atoms with Gasteiger partial charge in [-0.05, 0) is 18.2 Å². The maximum Gasteiger partial charge on any atom is 0.335 e. The second kappa shape index (κ2) is 3.77. The minimum atomic E-state index is -1.08. The van der Waals surface area contributed by atoms with Gasteiger partial charge in [0.1, 0.15) is 5.82 Å². The summed E-state index contributed by atoms with van der Waals surface area (Å²) in [6.07, 6.45) is 3.12. The highest BCUT2D eigenvalue weighted by molar-refractivity contribution is 5.89. The molecule has 0 atom stereocenters. The van der Waals surface area contributed by atoms with Crippen molar-refractivity contribution in [2.75, 3.05) is 0 Å². The van der Waals surface area contributed by atoms with Crippen LogP contribution in [-0.2, 0) is 7.05 Å². The summed E-state index contributed by atoms with van der Waals surface area (Å²) in [7, 11) is 1.71. The molecule has 5 heteroatoms. The Morgan fingerprint density at radius 2 is 2.25 bits per heavy atom. The molecular formula is C11H9FN2O2. The maximum absolute atomic E-state index is 13.5. The second-order valence-electron chi connectivity index (χ2n) is 3.40. The molecule has 0 spiro atoms. The minimum Gasteiger partial charge on any atom is -0.478 e. The number of carboxylic acid groups (broad SMARTS) is 1. The Labute approximate surface area is 90.9 Å². The summed E-state index contributed by atoms with van der Waals surface area (Å²) in [5.74, 6) is -1.54. The summed E-state index contributed by atoms with van der Waals surface area (Å²) in [6, 6.07) is 3.68. The number of halogens is 1. The largest absolute Gasteiger partial charge is 0.478 e. The van der Waals surface area contributed by atoms with Crippen LogP contribution in [0, 0.1) is 5.82 Å². The van der Waals surface area contributed by atoms with Gasteiger partial charge in [0.05, 0.1) is 11.8 Å². The van der Waals surface area contributed by atoms with Crippen molar-refractivity contribution in [1.82, 2.24) is 9.78 Å². The second-order valence-corrected chi connectivity index (χ2v) is 3.40. The monoisotopic (exact) mass is 220 g/mol. The van der Waals surface area contributed by atoms with Crippen molar-refractivity contribution in [3.63, 3.8) is 0 Å². The Kier molecular flexibility index (Phi) is 2.44. The summed E-state index contributed by atoms with van der Waals surface area (Å²) in [5.41, 5.74) is 0.858. The van der Waals surface area contributed by atoms with Crippen molar-refractivity contribution in [1.29, 1.82) is 0 Å². The van der Waals surface area contributed by atoms with Crippen LogP contribution in [0.25, 0.3) is 11.1 Å². The van der Waals surface area contributed by atoms with Gasteiger partial charge in [0.25, 0.3) is 0 Å². The number of hydrogen-bond donors (Lipinski definition) is 1. The molecule has 82 valence electrons. The number of aromatic nitrogens is 2. The standard InChI is InChI=1S/C11H9FN2O2/c1-14-6-8(5-13-14)9-4-7(11(15)16)2-3-10(9)12/h2-6H,1H3,(H,15,16). The zero-order valence-corrected chi connectivity index (χ0v) is 8.51. The first-order valence-corrected chi connectivity index (χ1v) is 4.60. The van der Waals surface area contributed by atoms with E-state index in [1.807, 2.05) is 0 Å². The van der Waals surface area contributed by atoms with Gasteiger partial charge in [-0.1, -0.05) is 0 Å². The van der Waals surface area contributed by atoms with E-state index in [9.17, 15) is 9.18 Å². The van der Waals surface area contributed by atoms with Gasteiger partial charge in [-0.3, -0.25) is 4.68 Å². The quantitative estimate of drug-likeness (QED) is 0.841. The molecule has 2 rings (SSSR count). The smallest absolute Gasteiger partial charge is 0.335 e. The van der Waals surface area contributed by atoms with Crippen molar-refractivity contribution in [2.45, 2.75) is 0 Å². The number of nitrogens with zero attached hydrogens (tertiary/aromatic N) is 2. The van der Waals surface area contributed by atoms with Crippen molar-refractivity contribution in [2.24, 2.45) is 7.05 Å². The van der Waals surface area contributed by atoms with E-state index in [0.29, 0.717) is 5.56 Å². The average molecular weight is 220 g/mol. The van der Waals surface area contributed by atoms with Crippen LogP contribution in [-0.4, -0.2) is 20.9 Å². The van der Waals surface area contributed by atoms with Gasteiger partial charge in [0, 0.05) is 24.4 Å². The van der Waals surface area contributed by atoms with E-state index in [1.165, 1.54) is 23.0 Å². The number of rotatable bonds is 2. The summed E-state index contributed by atoms with van der Waals surface area (Å²) in [4.78, 5) is 10.8. The summed E-state index contributed by atoms with van der Waals surface area (Å²) < 4.78 is 15.0. The molecule has 1 aromatic heterocycles. The first-order valence-electron chi connectivity index (χ1n) is 4.60. The van der Waals surface area contributed by atoms with Gasteiger partial charge in [-0.25, -0.2) is 9.18 Å². The Hall–Kier alpha value is -2.17. The van der Waals surface area contributed by atoms with Gasteiger partial charge in [-0.15, -0.1) is 0 Å². The number of hydrogen-bond acceptors (Lipinski definition) is 2. The summed E-state index contributed by atoms with van der Waals surface area (Å²) in [6.45, 7) is 0. The first kappa shape index (κ1) is 10.4. The highest BCUT2D eigenvalue weighted by Crippen LogP contribution is 2.23. The lowest BCUT2D eigenvalue weighted by Crippen LogP contribution is -1.97. The fourth-order valence-electron chi connectivity index (χ4n) is 1.44.